The molecule has 0 heterocycles. The van der Waals surface area contributed by atoms with Crippen molar-refractivity contribution in [1.29, 1.82) is 0 Å². The van der Waals surface area contributed by atoms with E-state index in [0.29, 0.717) is 12.1 Å². The zero-order valence-corrected chi connectivity index (χ0v) is 13.2. The molecule has 0 amide bonds. The Kier molecular flexibility index (Phi) is 4.57. The summed E-state index contributed by atoms with van der Waals surface area (Å²) in [5.41, 5.74) is 3.28. The summed E-state index contributed by atoms with van der Waals surface area (Å²) in [5, 5.41) is 13.8. The van der Waals surface area contributed by atoms with Crippen LogP contribution in [0.3, 0.4) is 0 Å². The van der Waals surface area contributed by atoms with Crippen LogP contribution >= 0.6 is 15.9 Å². The fourth-order valence-electron chi connectivity index (χ4n) is 2.19. The molecule has 0 spiro atoms. The third kappa shape index (κ3) is 3.58. The highest BCUT2D eigenvalue weighted by Crippen LogP contribution is 2.26. The number of nitro groups is 1. The maximum atomic E-state index is 13.6. The van der Waals surface area contributed by atoms with Gasteiger partial charge >= 0.3 is 5.69 Å². The molecule has 0 unspecified atom stereocenters. The van der Waals surface area contributed by atoms with Gasteiger partial charge in [0.25, 0.3) is 0 Å². The number of hydrogen-bond acceptors (Lipinski definition) is 3. The molecule has 0 radical (unpaired) electrons. The van der Waals surface area contributed by atoms with Gasteiger partial charge in [0.15, 0.2) is 0 Å². The second kappa shape index (κ2) is 6.22. The number of anilines is 1. The van der Waals surface area contributed by atoms with Gasteiger partial charge in [-0.2, -0.15) is 4.39 Å². The lowest BCUT2D eigenvalue weighted by Crippen LogP contribution is -2.04. The number of rotatable bonds is 4. The van der Waals surface area contributed by atoms with Crippen LogP contribution < -0.4 is 5.32 Å². The van der Waals surface area contributed by atoms with Crippen LogP contribution in [-0.4, -0.2) is 4.92 Å². The van der Waals surface area contributed by atoms with Crippen LogP contribution in [0.1, 0.15) is 16.7 Å². The molecule has 6 heteroatoms. The second-order valence-electron chi connectivity index (χ2n) is 4.81. The van der Waals surface area contributed by atoms with Gasteiger partial charge in [0, 0.05) is 22.8 Å². The second-order valence-corrected chi connectivity index (χ2v) is 5.73. The number of nitrogens with zero attached hydrogens (tertiary/aromatic N) is 1. The first-order valence-electron chi connectivity index (χ1n) is 6.32. The molecule has 1 N–H and O–H groups in total. The Bertz CT molecular complexity index is 681. The molecule has 0 saturated heterocycles. The minimum atomic E-state index is -0.816. The van der Waals surface area contributed by atoms with E-state index in [0.717, 1.165) is 21.3 Å². The van der Waals surface area contributed by atoms with Crippen LogP contribution in [-0.2, 0) is 6.54 Å². The van der Waals surface area contributed by atoms with Crippen molar-refractivity contribution in [1.82, 2.24) is 0 Å². The number of nitro benzene ring substituents is 1. The standard InChI is InChI=1S/C15H14BrFN2O2/c1-9-5-12(16)6-10(2)15(9)18-8-11-3-4-14(19(20)21)13(17)7-11/h3-7,18H,8H2,1-2H3. The van der Waals surface area contributed by atoms with E-state index < -0.39 is 16.4 Å². The molecule has 2 aromatic carbocycles. The summed E-state index contributed by atoms with van der Waals surface area (Å²) in [6, 6.07) is 7.91. The van der Waals surface area contributed by atoms with Crippen LogP contribution in [0, 0.1) is 29.8 Å². The normalized spacial score (nSPS) is 10.5. The first-order valence-corrected chi connectivity index (χ1v) is 7.11. The molecule has 0 atom stereocenters. The van der Waals surface area contributed by atoms with Crippen LogP contribution in [0.5, 0.6) is 0 Å². The summed E-state index contributed by atoms with van der Waals surface area (Å²) in [4.78, 5) is 9.85. The Hall–Kier alpha value is -1.95. The summed E-state index contributed by atoms with van der Waals surface area (Å²) >= 11 is 3.43. The van der Waals surface area contributed by atoms with Crippen molar-refractivity contribution in [3.8, 4) is 0 Å². The molecule has 0 aliphatic heterocycles. The quantitative estimate of drug-likeness (QED) is 0.639. The molecule has 21 heavy (non-hydrogen) atoms. The van der Waals surface area contributed by atoms with Crippen molar-refractivity contribution < 1.29 is 9.31 Å². The Balaban J connectivity index is 2.17. The van der Waals surface area contributed by atoms with Crippen LogP contribution in [0.15, 0.2) is 34.8 Å². The highest BCUT2D eigenvalue weighted by molar-refractivity contribution is 9.10. The molecular weight excluding hydrogens is 339 g/mol. The number of hydrogen-bond donors (Lipinski definition) is 1. The van der Waals surface area contributed by atoms with Crippen molar-refractivity contribution in [2.24, 2.45) is 0 Å². The molecule has 0 fully saturated rings. The molecule has 110 valence electrons. The predicted molar refractivity (Wildman–Crippen MR) is 84.0 cm³/mol. The lowest BCUT2D eigenvalue weighted by Gasteiger charge is -2.13. The molecule has 2 rings (SSSR count). The summed E-state index contributed by atoms with van der Waals surface area (Å²) in [6.45, 7) is 4.37. The van der Waals surface area contributed by atoms with E-state index in [1.165, 1.54) is 12.1 Å². The third-order valence-electron chi connectivity index (χ3n) is 3.18. The van der Waals surface area contributed by atoms with E-state index >= 15 is 0 Å². The molecule has 0 aliphatic carbocycles. The fraction of sp³-hybridized carbons (Fsp3) is 0.200. The largest absolute Gasteiger partial charge is 0.381 e. The number of benzene rings is 2. The summed E-state index contributed by atoms with van der Waals surface area (Å²) in [7, 11) is 0. The maximum Gasteiger partial charge on any atom is 0.304 e. The lowest BCUT2D eigenvalue weighted by molar-refractivity contribution is -0.387. The van der Waals surface area contributed by atoms with Gasteiger partial charge in [0.05, 0.1) is 4.92 Å². The van der Waals surface area contributed by atoms with E-state index in [1.54, 1.807) is 6.07 Å². The molecule has 0 saturated carbocycles. The smallest absolute Gasteiger partial charge is 0.304 e. The zero-order valence-electron chi connectivity index (χ0n) is 11.6. The van der Waals surface area contributed by atoms with Gasteiger partial charge in [-0.25, -0.2) is 0 Å². The highest BCUT2D eigenvalue weighted by Gasteiger charge is 2.13. The summed E-state index contributed by atoms with van der Waals surface area (Å²) in [5.74, 6) is -0.816. The summed E-state index contributed by atoms with van der Waals surface area (Å²) < 4.78 is 14.6. The average molecular weight is 353 g/mol. The van der Waals surface area contributed by atoms with Crippen molar-refractivity contribution in [2.45, 2.75) is 20.4 Å². The first kappa shape index (κ1) is 15.4. The molecule has 4 nitrogen and oxygen atoms in total. The number of halogens is 2. The monoisotopic (exact) mass is 352 g/mol. The van der Waals surface area contributed by atoms with Gasteiger partial charge in [-0.05, 0) is 48.7 Å². The lowest BCUT2D eigenvalue weighted by atomic mass is 10.1. The van der Waals surface area contributed by atoms with Crippen molar-refractivity contribution in [3.05, 3.63) is 67.4 Å². The minimum Gasteiger partial charge on any atom is -0.381 e. The highest BCUT2D eigenvalue weighted by atomic mass is 79.9. The Morgan fingerprint density at radius 1 is 1.24 bits per heavy atom. The molecule has 0 bridgehead atoms. The third-order valence-corrected chi connectivity index (χ3v) is 3.63. The molecule has 2 aromatic rings. The molecule has 0 aliphatic rings. The zero-order chi connectivity index (χ0) is 15.6. The SMILES string of the molecule is Cc1cc(Br)cc(C)c1NCc1ccc([N+](=O)[O-])c(F)c1. The molecular formula is C15H14BrFN2O2. The van der Waals surface area contributed by atoms with E-state index in [2.05, 4.69) is 21.2 Å². The van der Waals surface area contributed by atoms with E-state index in [4.69, 9.17) is 0 Å². The van der Waals surface area contributed by atoms with Crippen molar-refractivity contribution in [2.75, 3.05) is 5.32 Å². The van der Waals surface area contributed by atoms with E-state index in [-0.39, 0.29) is 0 Å². The van der Waals surface area contributed by atoms with Gasteiger partial charge in [0.2, 0.25) is 5.82 Å². The van der Waals surface area contributed by atoms with Gasteiger partial charge < -0.3 is 5.32 Å². The predicted octanol–water partition coefficient (Wildman–Crippen LogP) is 4.73. The number of nitrogens with one attached hydrogen (secondary N) is 1. The van der Waals surface area contributed by atoms with E-state index in [9.17, 15) is 14.5 Å². The number of aryl methyl sites for hydroxylation is 2. The van der Waals surface area contributed by atoms with Crippen molar-refractivity contribution >= 4 is 27.3 Å². The van der Waals surface area contributed by atoms with Crippen molar-refractivity contribution in [3.63, 3.8) is 0 Å². The topological polar surface area (TPSA) is 55.2 Å². The van der Waals surface area contributed by atoms with E-state index in [1.807, 2.05) is 26.0 Å². The fourth-order valence-corrected chi connectivity index (χ4v) is 2.88. The van der Waals surface area contributed by atoms with Gasteiger partial charge in [-0.15, -0.1) is 0 Å². The van der Waals surface area contributed by atoms with Gasteiger partial charge in [-0.3, -0.25) is 10.1 Å². The minimum absolute atomic E-state index is 0.401. The average Bonchev–Trinajstić information content (AvgIpc) is 2.36. The molecule has 0 aromatic heterocycles. The summed E-state index contributed by atoms with van der Waals surface area (Å²) in [6.07, 6.45) is 0. The Morgan fingerprint density at radius 3 is 2.38 bits per heavy atom. The van der Waals surface area contributed by atoms with Crippen LogP contribution in [0.4, 0.5) is 15.8 Å². The van der Waals surface area contributed by atoms with Crippen LogP contribution in [0.25, 0.3) is 0 Å². The first-order chi connectivity index (χ1) is 9.88. The Labute approximate surface area is 130 Å². The van der Waals surface area contributed by atoms with Gasteiger partial charge in [0.1, 0.15) is 0 Å². The maximum absolute atomic E-state index is 13.6. The van der Waals surface area contributed by atoms with Crippen LogP contribution in [0.2, 0.25) is 0 Å². The Morgan fingerprint density at radius 2 is 1.86 bits per heavy atom. The van der Waals surface area contributed by atoms with Gasteiger partial charge in [-0.1, -0.05) is 22.0 Å².